The summed E-state index contributed by atoms with van der Waals surface area (Å²) in [6, 6.07) is 11.9. The molecule has 1 atom stereocenters. The van der Waals surface area contributed by atoms with E-state index in [1.54, 1.807) is 22.4 Å². The van der Waals surface area contributed by atoms with Crippen molar-refractivity contribution in [3.8, 4) is 11.8 Å². The van der Waals surface area contributed by atoms with Crippen molar-refractivity contribution in [2.45, 2.75) is 18.9 Å². The zero-order valence-corrected chi connectivity index (χ0v) is 16.2. The largest absolute Gasteiger partial charge is 0.354 e. The van der Waals surface area contributed by atoms with Gasteiger partial charge in [-0.05, 0) is 37.6 Å². The molecule has 1 aliphatic heterocycles. The van der Waals surface area contributed by atoms with E-state index in [1.165, 1.54) is 12.1 Å². The topological polar surface area (TPSA) is 28.2 Å². The fourth-order valence-corrected chi connectivity index (χ4v) is 4.08. The molecule has 1 aliphatic rings. The molecule has 0 saturated carbocycles. The highest BCUT2D eigenvalue weighted by molar-refractivity contribution is 7.09. The lowest BCUT2D eigenvalue weighted by Crippen LogP contribution is -2.53. The van der Waals surface area contributed by atoms with Gasteiger partial charge in [-0.25, -0.2) is 13.8 Å². The van der Waals surface area contributed by atoms with Gasteiger partial charge in [0, 0.05) is 29.2 Å². The molecule has 3 aromatic rings. The van der Waals surface area contributed by atoms with Crippen LogP contribution in [0.3, 0.4) is 0 Å². The summed E-state index contributed by atoms with van der Waals surface area (Å²) in [4.78, 5) is 6.06. The third kappa shape index (κ3) is 3.77. The molecule has 1 aromatic heterocycles. The summed E-state index contributed by atoms with van der Waals surface area (Å²) in [5, 5.41) is 6.29. The molecule has 0 bridgehead atoms. The maximum atomic E-state index is 14.7. The summed E-state index contributed by atoms with van der Waals surface area (Å²) in [7, 11) is 0. The van der Waals surface area contributed by atoms with E-state index in [0.717, 1.165) is 10.6 Å². The van der Waals surface area contributed by atoms with Crippen LogP contribution in [-0.2, 0) is 5.54 Å². The van der Waals surface area contributed by atoms with Crippen molar-refractivity contribution in [2.24, 2.45) is 0 Å². The van der Waals surface area contributed by atoms with Gasteiger partial charge in [-0.3, -0.25) is 5.32 Å². The first-order chi connectivity index (χ1) is 13.5. The van der Waals surface area contributed by atoms with Gasteiger partial charge in [-0.15, -0.1) is 11.3 Å². The van der Waals surface area contributed by atoms with Crippen molar-refractivity contribution in [3.05, 3.63) is 81.8 Å². The van der Waals surface area contributed by atoms with Crippen LogP contribution in [0, 0.1) is 23.5 Å². The van der Waals surface area contributed by atoms with Gasteiger partial charge >= 0.3 is 0 Å². The van der Waals surface area contributed by atoms with Crippen molar-refractivity contribution in [1.82, 2.24) is 10.3 Å². The van der Waals surface area contributed by atoms with Gasteiger partial charge in [0.15, 0.2) is 11.6 Å². The number of thiazole rings is 1. The number of nitrogens with one attached hydrogen (secondary N) is 1. The second-order valence-corrected chi connectivity index (χ2v) is 7.82. The number of aromatic nitrogens is 1. The van der Waals surface area contributed by atoms with Crippen molar-refractivity contribution < 1.29 is 8.78 Å². The van der Waals surface area contributed by atoms with E-state index < -0.39 is 11.6 Å². The third-order valence-electron chi connectivity index (χ3n) is 4.90. The van der Waals surface area contributed by atoms with Crippen LogP contribution in [0.1, 0.15) is 29.5 Å². The minimum atomic E-state index is -0.600. The molecule has 2 heterocycles. The summed E-state index contributed by atoms with van der Waals surface area (Å²) in [5.74, 6) is 4.56. The molecule has 1 saturated heterocycles. The third-order valence-corrected chi connectivity index (χ3v) is 5.94. The minimum Gasteiger partial charge on any atom is -0.354 e. The number of anilines is 1. The van der Waals surface area contributed by atoms with Crippen LogP contribution in [0.25, 0.3) is 0 Å². The van der Waals surface area contributed by atoms with Crippen LogP contribution in [0.15, 0.2) is 54.0 Å². The van der Waals surface area contributed by atoms with Gasteiger partial charge in [-0.1, -0.05) is 30.0 Å². The predicted molar refractivity (Wildman–Crippen MR) is 108 cm³/mol. The summed E-state index contributed by atoms with van der Waals surface area (Å²) in [5.41, 5.74) is 0.826. The molecule has 1 fully saturated rings. The molecule has 142 valence electrons. The van der Waals surface area contributed by atoms with E-state index in [0.29, 0.717) is 25.2 Å². The smallest absolute Gasteiger partial charge is 0.150 e. The predicted octanol–water partition coefficient (Wildman–Crippen LogP) is 4.49. The Morgan fingerprint density at radius 1 is 1.11 bits per heavy atom. The lowest BCUT2D eigenvalue weighted by atomic mass is 9.96. The molecule has 0 amide bonds. The molecule has 0 radical (unpaired) electrons. The molecule has 0 unspecified atom stereocenters. The monoisotopic (exact) mass is 395 g/mol. The number of rotatable bonds is 2. The fourth-order valence-electron chi connectivity index (χ4n) is 3.27. The number of halogens is 2. The first-order valence-electron chi connectivity index (χ1n) is 9.01. The van der Waals surface area contributed by atoms with Crippen LogP contribution in [0.5, 0.6) is 0 Å². The Morgan fingerprint density at radius 2 is 1.82 bits per heavy atom. The van der Waals surface area contributed by atoms with Crippen molar-refractivity contribution in [2.75, 3.05) is 18.1 Å². The van der Waals surface area contributed by atoms with Crippen LogP contribution >= 0.6 is 11.3 Å². The Balaban J connectivity index is 1.53. The summed E-state index contributed by atoms with van der Waals surface area (Å²) < 4.78 is 29.4. The molecule has 6 heteroatoms. The average Bonchev–Trinajstić information content (AvgIpc) is 3.24. The molecular weight excluding hydrogens is 376 g/mol. The lowest BCUT2D eigenvalue weighted by molar-refractivity contribution is 0.298. The Hall–Kier alpha value is -2.75. The molecule has 0 spiro atoms. The highest BCUT2D eigenvalue weighted by Crippen LogP contribution is 2.33. The first kappa shape index (κ1) is 18.6. The van der Waals surface area contributed by atoms with Gasteiger partial charge in [0.25, 0.3) is 0 Å². The molecule has 0 aliphatic carbocycles. The molecule has 3 nitrogen and oxygen atoms in total. The van der Waals surface area contributed by atoms with E-state index in [9.17, 15) is 8.78 Å². The highest BCUT2D eigenvalue weighted by atomic mass is 32.1. The van der Waals surface area contributed by atoms with Crippen molar-refractivity contribution in [1.29, 1.82) is 0 Å². The highest BCUT2D eigenvalue weighted by Gasteiger charge is 2.34. The molecule has 28 heavy (non-hydrogen) atoms. The second kappa shape index (κ2) is 7.70. The Labute approximate surface area is 167 Å². The van der Waals surface area contributed by atoms with Gasteiger partial charge < -0.3 is 4.90 Å². The Bertz CT molecular complexity index is 992. The SMILES string of the molecule is C[C@@]1(c2nccs2)CCN(c2c(F)cc(C#Cc3ccccc3)cc2F)CN1. The quantitative estimate of drug-likeness (QED) is 0.648. The van der Waals surface area contributed by atoms with Crippen LogP contribution in [0.4, 0.5) is 14.5 Å². The average molecular weight is 395 g/mol. The van der Waals surface area contributed by atoms with Crippen LogP contribution < -0.4 is 10.2 Å². The molecular formula is C22H19F2N3S. The van der Waals surface area contributed by atoms with E-state index in [-0.39, 0.29) is 11.2 Å². The van der Waals surface area contributed by atoms with Gasteiger partial charge in [0.2, 0.25) is 0 Å². The number of nitrogens with zero attached hydrogens (tertiary/aromatic N) is 2. The van der Waals surface area contributed by atoms with Crippen molar-refractivity contribution in [3.63, 3.8) is 0 Å². The fraction of sp³-hybridized carbons (Fsp3) is 0.227. The minimum absolute atomic E-state index is 0.0149. The van der Waals surface area contributed by atoms with Crippen molar-refractivity contribution >= 4 is 17.0 Å². The zero-order valence-electron chi connectivity index (χ0n) is 15.4. The van der Waals surface area contributed by atoms with E-state index in [2.05, 4.69) is 29.1 Å². The number of hydrogen-bond acceptors (Lipinski definition) is 4. The standard InChI is InChI=1S/C22H19F2N3S/c1-22(21-25-10-12-28-21)9-11-27(15-26-22)20-18(23)13-17(14-19(20)24)8-7-16-5-3-2-4-6-16/h2-6,10,12-14,26H,9,11,15H2,1H3/t22-/m0/s1. The van der Waals surface area contributed by atoms with E-state index >= 15 is 0 Å². The summed E-state index contributed by atoms with van der Waals surface area (Å²) in [6.07, 6.45) is 2.48. The lowest BCUT2D eigenvalue weighted by Gasteiger charge is -2.40. The summed E-state index contributed by atoms with van der Waals surface area (Å²) >= 11 is 1.58. The summed E-state index contributed by atoms with van der Waals surface area (Å²) in [6.45, 7) is 2.95. The van der Waals surface area contributed by atoms with E-state index in [4.69, 9.17) is 0 Å². The zero-order chi connectivity index (χ0) is 19.6. The maximum Gasteiger partial charge on any atom is 0.150 e. The normalized spacial score (nSPS) is 19.2. The van der Waals surface area contributed by atoms with Gasteiger partial charge in [-0.2, -0.15) is 0 Å². The van der Waals surface area contributed by atoms with Crippen LogP contribution in [-0.4, -0.2) is 18.2 Å². The van der Waals surface area contributed by atoms with E-state index in [1.807, 2.05) is 35.7 Å². The molecule has 2 aromatic carbocycles. The Kier molecular flexibility index (Phi) is 5.12. The molecule has 1 N–H and O–H groups in total. The van der Waals surface area contributed by atoms with Gasteiger partial charge in [0.1, 0.15) is 10.7 Å². The maximum absolute atomic E-state index is 14.7. The van der Waals surface area contributed by atoms with Crippen LogP contribution in [0.2, 0.25) is 0 Å². The number of hydrogen-bond donors (Lipinski definition) is 1. The Morgan fingerprint density at radius 3 is 2.43 bits per heavy atom. The van der Waals surface area contributed by atoms with Gasteiger partial charge in [0.05, 0.1) is 12.2 Å². The first-order valence-corrected chi connectivity index (χ1v) is 9.89. The molecule has 4 rings (SSSR count). The second-order valence-electron chi connectivity index (χ2n) is 6.92. The number of benzene rings is 2.